The van der Waals surface area contributed by atoms with Gasteiger partial charge in [-0.05, 0) is 110 Å². The molecular weight excluding hydrogens is 699 g/mol. The molecule has 8 atom stereocenters. The van der Waals surface area contributed by atoms with Crippen molar-refractivity contribution in [1.82, 2.24) is 5.32 Å². The molecule has 0 saturated heterocycles. The predicted octanol–water partition coefficient (Wildman–Crippen LogP) is 7.96. The lowest BCUT2D eigenvalue weighted by molar-refractivity contribution is -0.125. The van der Waals surface area contributed by atoms with Crippen molar-refractivity contribution in [2.24, 2.45) is 51.1 Å². The highest BCUT2D eigenvalue weighted by molar-refractivity contribution is 8.77. The van der Waals surface area contributed by atoms with E-state index in [1.54, 1.807) is 0 Å². The number of carbonyl (C=O) groups is 1. The first-order valence-electron chi connectivity index (χ1n) is 19.5. The number of hydrogen-bond acceptors (Lipinski definition) is 10. The third-order valence-electron chi connectivity index (χ3n) is 14.9. The van der Waals surface area contributed by atoms with Crippen LogP contribution < -0.4 is 11.1 Å². The molecule has 6 nitrogen and oxygen atoms in total. The van der Waals surface area contributed by atoms with Gasteiger partial charge in [0.2, 0.25) is 0 Å². The number of nitrogens with zero attached hydrogens (tertiary/aromatic N) is 1. The molecule has 3 aliphatic heterocycles. The van der Waals surface area contributed by atoms with E-state index in [1.807, 2.05) is 21.6 Å². The zero-order valence-electron chi connectivity index (χ0n) is 29.8. The number of guanidine groups is 1. The quantitative estimate of drug-likeness (QED) is 0.228. The number of hydrogen-bond donors (Lipinski definition) is 4. The van der Waals surface area contributed by atoms with Crippen LogP contribution in [-0.2, 0) is 17.0 Å². The van der Waals surface area contributed by atoms with Crippen LogP contribution >= 0.6 is 43.2 Å². The third kappa shape index (κ3) is 5.86. The number of ketones is 1. The van der Waals surface area contributed by atoms with Gasteiger partial charge in [0.05, 0.1) is 5.54 Å². The van der Waals surface area contributed by atoms with Crippen molar-refractivity contribution >= 4 is 54.9 Å². The molecule has 50 heavy (non-hydrogen) atoms. The van der Waals surface area contributed by atoms with E-state index in [9.17, 15) is 15.0 Å². The molecule has 3 spiro atoms. The maximum absolute atomic E-state index is 14.7. The molecule has 3 saturated carbocycles. The normalized spacial score (nSPS) is 39.9. The summed E-state index contributed by atoms with van der Waals surface area (Å²) in [6.07, 6.45) is 14.4. The molecule has 3 fully saturated rings. The van der Waals surface area contributed by atoms with Gasteiger partial charge >= 0.3 is 0 Å². The average molecular weight is 756 g/mol. The second-order valence-electron chi connectivity index (χ2n) is 17.1. The van der Waals surface area contributed by atoms with E-state index in [1.165, 1.54) is 48.8 Å². The van der Waals surface area contributed by atoms with Crippen LogP contribution in [0.5, 0.6) is 0 Å². The van der Waals surface area contributed by atoms with E-state index in [4.69, 9.17) is 10.7 Å². The van der Waals surface area contributed by atoms with Crippen LogP contribution in [0.1, 0.15) is 102 Å². The summed E-state index contributed by atoms with van der Waals surface area (Å²) in [5, 5.41) is 24.9. The first-order valence-corrected chi connectivity index (χ1v) is 24.3. The maximum atomic E-state index is 14.7. The van der Waals surface area contributed by atoms with Crippen LogP contribution in [0, 0.1) is 40.4 Å². The first-order chi connectivity index (χ1) is 24.3. The van der Waals surface area contributed by atoms with Crippen molar-refractivity contribution in [3.8, 4) is 0 Å². The Morgan fingerprint density at radius 2 is 1.86 bits per heavy atom. The molecule has 1 aromatic rings. The fourth-order valence-corrected chi connectivity index (χ4v) is 18.9. The second kappa shape index (κ2) is 14.5. The minimum absolute atomic E-state index is 0.0214. The number of carbonyl (C=O) groups excluding carboxylic acids is 1. The Labute approximate surface area is 315 Å². The highest BCUT2D eigenvalue weighted by Crippen LogP contribution is 2.76. The van der Waals surface area contributed by atoms with E-state index in [0.29, 0.717) is 35.9 Å². The van der Waals surface area contributed by atoms with E-state index < -0.39 is 0 Å². The van der Waals surface area contributed by atoms with Crippen molar-refractivity contribution in [3.63, 3.8) is 0 Å². The molecule has 7 aliphatic rings. The minimum Gasteiger partial charge on any atom is -0.396 e. The van der Waals surface area contributed by atoms with Gasteiger partial charge in [0.25, 0.3) is 0 Å². The van der Waals surface area contributed by atoms with Gasteiger partial charge < -0.3 is 21.3 Å². The smallest absolute Gasteiger partial charge is 0.189 e. The number of nitrogens with two attached hydrogens (primary N) is 1. The van der Waals surface area contributed by atoms with Gasteiger partial charge in [-0.25, -0.2) is 0 Å². The van der Waals surface area contributed by atoms with Gasteiger partial charge in [-0.1, -0.05) is 99.2 Å². The maximum Gasteiger partial charge on any atom is 0.189 e. The molecule has 8 rings (SSSR count). The standard InChI is InChI=1S/C40H57N3O3S4/c1-37-12-14-47-50-38(10-3-2-4-11-38)40-20-28(25-49-48-24-27-8-5-7-26(15-27)16-31(40)22-42-36(41)43-40)17-32-34-19-30(37)18-29(23-45)33(9-6-13-44)39(34,37)21-35(32)46/h5,7-8,15,28-31,33,44-45H,2-4,6,9-14,16-25H2,1H3,(H3,41,42,43). The largest absolute Gasteiger partial charge is 0.396 e. The minimum atomic E-state index is -0.231. The Morgan fingerprint density at radius 1 is 1.02 bits per heavy atom. The highest BCUT2D eigenvalue weighted by atomic mass is 33.1. The Hall–Kier alpha value is -0.780. The Morgan fingerprint density at radius 3 is 2.68 bits per heavy atom. The van der Waals surface area contributed by atoms with Crippen LogP contribution in [0.25, 0.3) is 0 Å². The van der Waals surface area contributed by atoms with E-state index in [2.05, 4.69) is 58.1 Å². The molecule has 0 aromatic heterocycles. The van der Waals surface area contributed by atoms with Gasteiger partial charge in [-0.15, -0.1) is 0 Å². The van der Waals surface area contributed by atoms with Gasteiger partial charge in [0.1, 0.15) is 0 Å². The van der Waals surface area contributed by atoms with Crippen LogP contribution in [-0.4, -0.2) is 63.5 Å². The van der Waals surface area contributed by atoms with E-state index in [-0.39, 0.29) is 46.2 Å². The summed E-state index contributed by atoms with van der Waals surface area (Å²) in [6.45, 7) is 3.63. The molecule has 9 bridgehead atoms. The number of aliphatic imine (C=N–C) groups is 1. The lowest BCUT2D eigenvalue weighted by Crippen LogP contribution is -2.71. The predicted molar refractivity (Wildman–Crippen MR) is 213 cm³/mol. The summed E-state index contributed by atoms with van der Waals surface area (Å²) in [5.74, 6) is 5.64. The van der Waals surface area contributed by atoms with Crippen LogP contribution in [0.3, 0.4) is 0 Å². The molecule has 10 heteroatoms. The van der Waals surface area contributed by atoms with Crippen LogP contribution in [0.4, 0.5) is 0 Å². The van der Waals surface area contributed by atoms with Crippen molar-refractivity contribution in [2.45, 2.75) is 113 Å². The van der Waals surface area contributed by atoms with Gasteiger partial charge in [0.15, 0.2) is 11.7 Å². The summed E-state index contributed by atoms with van der Waals surface area (Å²) in [4.78, 5) is 19.6. The van der Waals surface area contributed by atoms with Gasteiger partial charge in [-0.3, -0.25) is 9.79 Å². The molecule has 8 unspecified atom stereocenters. The summed E-state index contributed by atoms with van der Waals surface area (Å²) < 4.78 is 0.0214. The molecule has 4 aliphatic carbocycles. The fourth-order valence-electron chi connectivity index (χ4n) is 12.6. The third-order valence-corrected chi connectivity index (χ3v) is 20.7. The lowest BCUT2D eigenvalue weighted by atomic mass is 9.47. The Bertz CT molecular complexity index is 1510. The number of allylic oxidation sites excluding steroid dienone is 2. The van der Waals surface area contributed by atoms with Crippen molar-refractivity contribution in [2.75, 3.05) is 31.3 Å². The second-order valence-corrected chi connectivity index (χ2v) is 22.4. The fraction of sp³-hybridized carbons (Fsp3) is 0.750. The molecule has 5 N–H and O–H groups in total. The zero-order valence-corrected chi connectivity index (χ0v) is 33.1. The molecule has 274 valence electrons. The number of nitrogens with one attached hydrogen (secondary N) is 1. The molecule has 1 aromatic carbocycles. The van der Waals surface area contributed by atoms with Crippen molar-refractivity contribution in [3.05, 3.63) is 46.5 Å². The Balaban J connectivity index is 1.28. The Kier molecular flexibility index (Phi) is 10.5. The average Bonchev–Trinajstić information content (AvgIpc) is 3.44. The molecule has 3 heterocycles. The SMILES string of the molecule is CC12CCSSC3(CCCCC3)C34CC(CSSCc5cccc(c5)CC3CN=C(N)N4)CC3=C4CC1CC(CO)C(CCCO)C42CC3=O. The molecular formula is C40H57N3O3S4. The van der Waals surface area contributed by atoms with Crippen LogP contribution in [0.15, 0.2) is 40.4 Å². The van der Waals surface area contributed by atoms with Crippen LogP contribution in [0.2, 0.25) is 0 Å². The lowest BCUT2D eigenvalue weighted by Gasteiger charge is -2.58. The number of benzene rings is 1. The summed E-state index contributed by atoms with van der Waals surface area (Å²) in [7, 11) is 8.27. The van der Waals surface area contributed by atoms with Crippen molar-refractivity contribution in [1.29, 1.82) is 0 Å². The highest BCUT2D eigenvalue weighted by Gasteiger charge is 2.70. The van der Waals surface area contributed by atoms with Crippen molar-refractivity contribution < 1.29 is 15.0 Å². The van der Waals surface area contributed by atoms with E-state index in [0.717, 1.165) is 80.7 Å². The summed E-state index contributed by atoms with van der Waals surface area (Å²) >= 11 is 0. The number of Topliss-reactive ketones (excluding diaryl/α,β-unsaturated/α-hetero) is 1. The molecule has 0 radical (unpaired) electrons. The summed E-state index contributed by atoms with van der Waals surface area (Å²) in [6, 6.07) is 9.27. The van der Waals surface area contributed by atoms with Gasteiger partial charge in [-0.2, -0.15) is 0 Å². The van der Waals surface area contributed by atoms with Gasteiger partial charge in [0, 0.05) is 59.5 Å². The zero-order chi connectivity index (χ0) is 34.6. The monoisotopic (exact) mass is 755 g/mol. The summed E-state index contributed by atoms with van der Waals surface area (Å²) in [5.41, 5.74) is 11.8. The van der Waals surface area contributed by atoms with E-state index >= 15 is 0 Å². The topological polar surface area (TPSA) is 108 Å². The molecule has 0 amide bonds. The first kappa shape index (κ1) is 36.2. The number of fused-ring (bicyclic) bond motifs is 3. The number of rotatable bonds is 4. The number of aliphatic hydroxyl groups is 2. The number of aliphatic hydroxyl groups excluding tert-OH is 2.